The van der Waals surface area contributed by atoms with Crippen LogP contribution in [-0.2, 0) is 32.1 Å². The highest BCUT2D eigenvalue weighted by atomic mass is 32.1. The van der Waals surface area contributed by atoms with Crippen LogP contribution in [0.2, 0.25) is 0 Å². The van der Waals surface area contributed by atoms with Gasteiger partial charge in [0, 0.05) is 23.7 Å². The molecule has 0 aliphatic carbocycles. The SMILES string of the molecule is CCOC(=O)c1c(NC(=O)CCC(=O)[O-])sc2c1CC(C)(C)OC2. The van der Waals surface area contributed by atoms with Crippen molar-refractivity contribution >= 4 is 34.2 Å². The highest BCUT2D eigenvalue weighted by Crippen LogP contribution is 2.40. The minimum absolute atomic E-state index is 0.213. The Morgan fingerprint density at radius 2 is 2.04 bits per heavy atom. The molecule has 0 aromatic carbocycles. The van der Waals surface area contributed by atoms with E-state index in [1.807, 2.05) is 13.8 Å². The van der Waals surface area contributed by atoms with E-state index in [9.17, 15) is 19.5 Å². The van der Waals surface area contributed by atoms with Crippen LogP contribution in [-0.4, -0.2) is 30.1 Å². The summed E-state index contributed by atoms with van der Waals surface area (Å²) in [4.78, 5) is 35.6. The molecule has 1 aliphatic rings. The van der Waals surface area contributed by atoms with Gasteiger partial charge in [-0.2, -0.15) is 0 Å². The van der Waals surface area contributed by atoms with E-state index in [0.717, 1.165) is 10.4 Å². The molecule has 1 amide bonds. The maximum absolute atomic E-state index is 12.3. The minimum Gasteiger partial charge on any atom is -0.550 e. The lowest BCUT2D eigenvalue weighted by Crippen LogP contribution is -2.32. The molecule has 0 saturated carbocycles. The monoisotopic (exact) mass is 354 g/mol. The van der Waals surface area contributed by atoms with Crippen LogP contribution >= 0.6 is 11.3 Å². The summed E-state index contributed by atoms with van der Waals surface area (Å²) in [5, 5.41) is 13.5. The summed E-state index contributed by atoms with van der Waals surface area (Å²) in [7, 11) is 0. The van der Waals surface area contributed by atoms with Gasteiger partial charge in [0.1, 0.15) is 5.00 Å². The number of hydrogen-bond acceptors (Lipinski definition) is 7. The third-order valence-electron chi connectivity index (χ3n) is 3.58. The summed E-state index contributed by atoms with van der Waals surface area (Å²) in [5.74, 6) is -2.28. The van der Waals surface area contributed by atoms with E-state index in [-0.39, 0.29) is 19.4 Å². The molecular formula is C16H20NO6S-. The van der Waals surface area contributed by atoms with Gasteiger partial charge in [-0.15, -0.1) is 11.3 Å². The number of anilines is 1. The molecule has 0 unspecified atom stereocenters. The molecule has 1 N–H and O–H groups in total. The van der Waals surface area contributed by atoms with Crippen LogP contribution < -0.4 is 10.4 Å². The Bertz CT molecular complexity index is 664. The molecule has 1 aliphatic heterocycles. The normalized spacial score (nSPS) is 15.5. The quantitative estimate of drug-likeness (QED) is 0.771. The van der Waals surface area contributed by atoms with Gasteiger partial charge >= 0.3 is 5.97 Å². The van der Waals surface area contributed by atoms with Crippen molar-refractivity contribution in [2.75, 3.05) is 11.9 Å². The van der Waals surface area contributed by atoms with Gasteiger partial charge < -0.3 is 24.7 Å². The fourth-order valence-corrected chi connectivity index (χ4v) is 3.60. The first-order valence-corrected chi connectivity index (χ1v) is 8.50. The molecule has 132 valence electrons. The standard InChI is InChI=1S/C16H21NO6S/c1-4-22-15(21)13-9-7-16(2,3)23-8-10(9)24-14(13)17-11(18)5-6-12(19)20/h4-8H2,1-3H3,(H,17,18)(H,19,20)/p-1. The van der Waals surface area contributed by atoms with E-state index in [0.29, 0.717) is 23.6 Å². The first kappa shape index (κ1) is 18.4. The molecular weight excluding hydrogens is 334 g/mol. The maximum atomic E-state index is 12.3. The van der Waals surface area contributed by atoms with Gasteiger partial charge in [0.05, 0.1) is 24.4 Å². The van der Waals surface area contributed by atoms with E-state index in [2.05, 4.69) is 5.32 Å². The Hall–Kier alpha value is -1.93. The largest absolute Gasteiger partial charge is 0.550 e. The van der Waals surface area contributed by atoms with Crippen molar-refractivity contribution in [3.63, 3.8) is 0 Å². The van der Waals surface area contributed by atoms with Crippen LogP contribution in [0.15, 0.2) is 0 Å². The summed E-state index contributed by atoms with van der Waals surface area (Å²) in [6.07, 6.45) is -0.0567. The fourth-order valence-electron chi connectivity index (χ4n) is 2.47. The molecule has 1 aromatic heterocycles. The Morgan fingerprint density at radius 1 is 1.33 bits per heavy atom. The van der Waals surface area contributed by atoms with Crippen LogP contribution in [0.1, 0.15) is 54.4 Å². The molecule has 1 aromatic rings. The van der Waals surface area contributed by atoms with E-state index >= 15 is 0 Å². The van der Waals surface area contributed by atoms with Crippen molar-refractivity contribution in [3.05, 3.63) is 16.0 Å². The lowest BCUT2D eigenvalue weighted by molar-refractivity contribution is -0.305. The average Bonchev–Trinajstić information content (AvgIpc) is 2.81. The Kier molecular flexibility index (Phi) is 5.61. The molecule has 2 heterocycles. The molecule has 0 atom stereocenters. The number of rotatable bonds is 6. The third kappa shape index (κ3) is 4.33. The van der Waals surface area contributed by atoms with Crippen LogP contribution in [0.4, 0.5) is 5.00 Å². The summed E-state index contributed by atoms with van der Waals surface area (Å²) in [6.45, 7) is 6.15. The second-order valence-corrected chi connectivity index (χ2v) is 7.18. The summed E-state index contributed by atoms with van der Waals surface area (Å²) in [5.41, 5.74) is 0.755. The zero-order valence-electron chi connectivity index (χ0n) is 13.9. The summed E-state index contributed by atoms with van der Waals surface area (Å²) < 4.78 is 10.9. The zero-order chi connectivity index (χ0) is 17.9. The number of thiophene rings is 1. The number of fused-ring (bicyclic) bond motifs is 1. The number of amides is 1. The van der Waals surface area contributed by atoms with Crippen LogP contribution in [0.3, 0.4) is 0 Å². The maximum Gasteiger partial charge on any atom is 0.341 e. The number of aliphatic carboxylic acids is 1. The molecule has 7 nitrogen and oxygen atoms in total. The van der Waals surface area contributed by atoms with Gasteiger partial charge in [-0.05, 0) is 32.8 Å². The van der Waals surface area contributed by atoms with Crippen LogP contribution in [0.25, 0.3) is 0 Å². The van der Waals surface area contributed by atoms with E-state index in [1.165, 1.54) is 11.3 Å². The highest BCUT2D eigenvalue weighted by Gasteiger charge is 2.34. The number of carboxylic acid groups (broad SMARTS) is 1. The van der Waals surface area contributed by atoms with E-state index in [4.69, 9.17) is 9.47 Å². The third-order valence-corrected chi connectivity index (χ3v) is 4.70. The lowest BCUT2D eigenvalue weighted by atomic mass is 9.93. The number of esters is 1. The molecule has 2 rings (SSSR count). The Morgan fingerprint density at radius 3 is 2.67 bits per heavy atom. The molecule has 0 bridgehead atoms. The van der Waals surface area contributed by atoms with Crippen molar-refractivity contribution in [1.29, 1.82) is 0 Å². The minimum atomic E-state index is -1.30. The van der Waals surface area contributed by atoms with Crippen molar-refractivity contribution in [2.45, 2.75) is 52.2 Å². The smallest absolute Gasteiger partial charge is 0.341 e. The second-order valence-electron chi connectivity index (χ2n) is 6.07. The summed E-state index contributed by atoms with van der Waals surface area (Å²) >= 11 is 1.26. The first-order chi connectivity index (χ1) is 11.2. The number of carbonyl (C=O) groups excluding carboxylic acids is 3. The Labute approximate surface area is 144 Å². The average molecular weight is 354 g/mol. The van der Waals surface area contributed by atoms with Gasteiger partial charge in [0.25, 0.3) is 0 Å². The molecule has 0 radical (unpaired) electrons. The molecule has 24 heavy (non-hydrogen) atoms. The number of hydrogen-bond donors (Lipinski definition) is 1. The van der Waals surface area contributed by atoms with Crippen molar-refractivity contribution < 1.29 is 29.0 Å². The molecule has 0 spiro atoms. The lowest BCUT2D eigenvalue weighted by Gasteiger charge is -2.30. The molecule has 0 fully saturated rings. The Balaban J connectivity index is 2.30. The number of carbonyl (C=O) groups is 3. The van der Waals surface area contributed by atoms with Gasteiger partial charge in [-0.25, -0.2) is 4.79 Å². The zero-order valence-corrected chi connectivity index (χ0v) is 14.7. The highest BCUT2D eigenvalue weighted by molar-refractivity contribution is 7.17. The van der Waals surface area contributed by atoms with Gasteiger partial charge in [-0.1, -0.05) is 0 Å². The number of nitrogens with one attached hydrogen (secondary N) is 1. The number of ether oxygens (including phenoxy) is 2. The molecule has 0 saturated heterocycles. The summed E-state index contributed by atoms with van der Waals surface area (Å²) in [6, 6.07) is 0. The van der Waals surface area contributed by atoms with Crippen LogP contribution in [0.5, 0.6) is 0 Å². The van der Waals surface area contributed by atoms with Gasteiger partial charge in [-0.3, -0.25) is 4.79 Å². The van der Waals surface area contributed by atoms with Gasteiger partial charge in [0.15, 0.2) is 0 Å². The van der Waals surface area contributed by atoms with E-state index in [1.54, 1.807) is 6.92 Å². The fraction of sp³-hybridized carbons (Fsp3) is 0.562. The molecule has 8 heteroatoms. The predicted molar refractivity (Wildman–Crippen MR) is 85.7 cm³/mol. The van der Waals surface area contributed by atoms with Crippen LogP contribution in [0, 0.1) is 0 Å². The number of carboxylic acids is 1. The van der Waals surface area contributed by atoms with Crippen molar-refractivity contribution in [1.82, 2.24) is 0 Å². The van der Waals surface area contributed by atoms with Crippen molar-refractivity contribution in [3.8, 4) is 0 Å². The van der Waals surface area contributed by atoms with Crippen molar-refractivity contribution in [2.24, 2.45) is 0 Å². The second kappa shape index (κ2) is 7.31. The predicted octanol–water partition coefficient (Wildman–Crippen LogP) is 1.24. The first-order valence-electron chi connectivity index (χ1n) is 7.69. The van der Waals surface area contributed by atoms with E-state index < -0.39 is 23.4 Å². The topological polar surface area (TPSA) is 105 Å². The van der Waals surface area contributed by atoms with Gasteiger partial charge in [0.2, 0.25) is 5.91 Å².